The smallest absolute Gasteiger partial charge is 0.303 e. The van der Waals surface area contributed by atoms with Crippen LogP contribution in [0.1, 0.15) is 30.4 Å². The van der Waals surface area contributed by atoms with Crippen LogP contribution in [0.4, 0.5) is 0 Å². The average Bonchev–Trinajstić information content (AvgIpc) is 2.61. The summed E-state index contributed by atoms with van der Waals surface area (Å²) in [5, 5.41) is 9.25. The van der Waals surface area contributed by atoms with Crippen LogP contribution >= 0.6 is 0 Å². The molecule has 1 saturated heterocycles. The maximum absolute atomic E-state index is 12.0. The summed E-state index contributed by atoms with van der Waals surface area (Å²) in [6, 6.07) is 5.91. The van der Waals surface area contributed by atoms with Crippen molar-refractivity contribution >= 4 is 21.7 Å². The highest BCUT2D eigenvalue weighted by Gasteiger charge is 2.35. The maximum atomic E-state index is 12.0. The number of rotatable bonds is 6. The molecule has 27 heavy (non-hydrogen) atoms. The summed E-state index contributed by atoms with van der Waals surface area (Å²) in [7, 11) is -1.65. The SMILES string of the molecule is COc1ccc2c(c1)CCN=C2C[C@H]1CN(S(C)(=O)=O)CC[C@H]1CC(=O)O. The van der Waals surface area contributed by atoms with Crippen LogP contribution in [-0.4, -0.2) is 62.5 Å². The highest BCUT2D eigenvalue weighted by Crippen LogP contribution is 2.33. The molecule has 148 valence electrons. The molecule has 0 spiro atoms. The van der Waals surface area contributed by atoms with Crippen LogP contribution in [0.3, 0.4) is 0 Å². The number of nitrogens with zero attached hydrogens (tertiary/aromatic N) is 2. The van der Waals surface area contributed by atoms with Gasteiger partial charge in [0.1, 0.15) is 5.75 Å². The number of piperidine rings is 1. The van der Waals surface area contributed by atoms with E-state index in [4.69, 9.17) is 4.74 Å². The molecule has 1 aromatic rings. The fourth-order valence-electron chi connectivity index (χ4n) is 4.08. The number of carbonyl (C=O) groups is 1. The summed E-state index contributed by atoms with van der Waals surface area (Å²) in [6.07, 6.45) is 3.26. The van der Waals surface area contributed by atoms with Gasteiger partial charge in [-0.3, -0.25) is 9.79 Å². The molecule has 2 aliphatic rings. The molecule has 0 saturated carbocycles. The predicted octanol–water partition coefficient (Wildman–Crippen LogP) is 1.80. The molecule has 2 heterocycles. The first kappa shape index (κ1) is 19.8. The van der Waals surface area contributed by atoms with E-state index in [0.29, 0.717) is 32.5 Å². The van der Waals surface area contributed by atoms with Gasteiger partial charge in [-0.1, -0.05) is 0 Å². The van der Waals surface area contributed by atoms with Gasteiger partial charge in [0.2, 0.25) is 10.0 Å². The number of carboxylic acid groups (broad SMARTS) is 1. The maximum Gasteiger partial charge on any atom is 0.303 e. The minimum atomic E-state index is -3.29. The van der Waals surface area contributed by atoms with Crippen LogP contribution in [0.5, 0.6) is 5.75 Å². The Bertz CT molecular complexity index is 850. The Hall–Kier alpha value is -1.93. The molecule has 2 aliphatic heterocycles. The quantitative estimate of drug-likeness (QED) is 0.794. The van der Waals surface area contributed by atoms with Gasteiger partial charge in [-0.05, 0) is 60.4 Å². The highest BCUT2D eigenvalue weighted by atomic mass is 32.2. The Morgan fingerprint density at radius 3 is 2.81 bits per heavy atom. The highest BCUT2D eigenvalue weighted by molar-refractivity contribution is 7.88. The number of hydrogen-bond acceptors (Lipinski definition) is 5. The minimum absolute atomic E-state index is 0.0492. The summed E-state index contributed by atoms with van der Waals surface area (Å²) >= 11 is 0. The van der Waals surface area contributed by atoms with Crippen LogP contribution in [0.25, 0.3) is 0 Å². The molecule has 0 bridgehead atoms. The topological polar surface area (TPSA) is 96.3 Å². The minimum Gasteiger partial charge on any atom is -0.497 e. The first-order valence-electron chi connectivity index (χ1n) is 9.15. The normalized spacial score (nSPS) is 23.4. The molecule has 0 aromatic heterocycles. The molecule has 8 heteroatoms. The van der Waals surface area contributed by atoms with Gasteiger partial charge in [-0.25, -0.2) is 12.7 Å². The zero-order chi connectivity index (χ0) is 19.6. The van der Waals surface area contributed by atoms with E-state index in [2.05, 4.69) is 4.99 Å². The Labute approximate surface area is 160 Å². The molecule has 3 rings (SSSR count). The number of aliphatic imine (C=N–C) groups is 1. The average molecular weight is 394 g/mol. The number of sulfonamides is 1. The predicted molar refractivity (Wildman–Crippen MR) is 103 cm³/mol. The van der Waals surface area contributed by atoms with E-state index >= 15 is 0 Å². The fourth-order valence-corrected chi connectivity index (χ4v) is 4.98. The van der Waals surface area contributed by atoms with E-state index in [1.807, 2.05) is 18.2 Å². The lowest BCUT2D eigenvalue weighted by molar-refractivity contribution is -0.138. The summed E-state index contributed by atoms with van der Waals surface area (Å²) < 4.78 is 30.7. The molecule has 2 atom stereocenters. The Morgan fingerprint density at radius 2 is 2.15 bits per heavy atom. The Morgan fingerprint density at radius 1 is 1.37 bits per heavy atom. The van der Waals surface area contributed by atoms with Crippen LogP contribution in [0.15, 0.2) is 23.2 Å². The van der Waals surface area contributed by atoms with Crippen LogP contribution in [0, 0.1) is 11.8 Å². The monoisotopic (exact) mass is 394 g/mol. The van der Waals surface area contributed by atoms with Crippen molar-refractivity contribution in [3.63, 3.8) is 0 Å². The van der Waals surface area contributed by atoms with Crippen molar-refractivity contribution in [2.24, 2.45) is 16.8 Å². The molecule has 1 aromatic carbocycles. The van der Waals surface area contributed by atoms with Crippen molar-refractivity contribution in [2.75, 3.05) is 33.0 Å². The first-order chi connectivity index (χ1) is 12.8. The molecule has 0 amide bonds. The van der Waals surface area contributed by atoms with Crippen molar-refractivity contribution in [1.29, 1.82) is 0 Å². The first-order valence-corrected chi connectivity index (χ1v) is 11.0. The van der Waals surface area contributed by atoms with Gasteiger partial charge in [-0.15, -0.1) is 0 Å². The lowest BCUT2D eigenvalue weighted by Gasteiger charge is -2.37. The van der Waals surface area contributed by atoms with E-state index in [1.54, 1.807) is 7.11 Å². The van der Waals surface area contributed by atoms with Gasteiger partial charge in [0, 0.05) is 31.8 Å². The molecule has 0 aliphatic carbocycles. The van der Waals surface area contributed by atoms with Crippen molar-refractivity contribution in [2.45, 2.75) is 25.7 Å². The number of benzene rings is 1. The van der Waals surface area contributed by atoms with E-state index in [-0.39, 0.29) is 18.3 Å². The molecular formula is C19H26N2O5S. The lowest BCUT2D eigenvalue weighted by atomic mass is 9.79. The number of ether oxygens (including phenoxy) is 1. The molecule has 7 nitrogen and oxygen atoms in total. The van der Waals surface area contributed by atoms with E-state index in [0.717, 1.165) is 23.4 Å². The molecular weight excluding hydrogens is 368 g/mol. The third kappa shape index (κ3) is 4.68. The second-order valence-electron chi connectivity index (χ2n) is 7.33. The van der Waals surface area contributed by atoms with E-state index in [9.17, 15) is 18.3 Å². The largest absolute Gasteiger partial charge is 0.497 e. The van der Waals surface area contributed by atoms with Crippen LogP contribution in [-0.2, 0) is 21.2 Å². The third-order valence-corrected chi connectivity index (χ3v) is 6.79. The standard InChI is InChI=1S/C19H26N2O5S/c1-26-16-3-4-17-14(9-16)5-7-20-18(17)10-15-12-21(27(2,24)25)8-6-13(15)11-19(22)23/h3-4,9,13,15H,5-8,10-12H2,1-2H3,(H,22,23)/t13-,15-/m0/s1. The van der Waals surface area contributed by atoms with E-state index < -0.39 is 16.0 Å². The van der Waals surface area contributed by atoms with Crippen molar-refractivity contribution in [3.8, 4) is 5.75 Å². The van der Waals surface area contributed by atoms with Gasteiger partial charge < -0.3 is 9.84 Å². The van der Waals surface area contributed by atoms with Crippen molar-refractivity contribution in [1.82, 2.24) is 4.31 Å². The Kier molecular flexibility index (Phi) is 5.86. The van der Waals surface area contributed by atoms with Crippen LogP contribution in [0.2, 0.25) is 0 Å². The third-order valence-electron chi connectivity index (χ3n) is 5.52. The van der Waals surface area contributed by atoms with Gasteiger partial charge in [0.15, 0.2) is 0 Å². The number of fused-ring (bicyclic) bond motifs is 1. The fraction of sp³-hybridized carbons (Fsp3) is 0.579. The van der Waals surface area contributed by atoms with Crippen molar-refractivity contribution < 1.29 is 23.1 Å². The van der Waals surface area contributed by atoms with Gasteiger partial charge in [0.05, 0.1) is 13.4 Å². The van der Waals surface area contributed by atoms with E-state index in [1.165, 1.54) is 16.1 Å². The van der Waals surface area contributed by atoms with Gasteiger partial charge >= 0.3 is 5.97 Å². The van der Waals surface area contributed by atoms with Crippen LogP contribution < -0.4 is 4.74 Å². The Balaban J connectivity index is 1.84. The summed E-state index contributed by atoms with van der Waals surface area (Å²) in [6.45, 7) is 1.41. The number of aliphatic carboxylic acids is 1. The summed E-state index contributed by atoms with van der Waals surface area (Å²) in [5.74, 6) is -0.142. The molecule has 0 radical (unpaired) electrons. The second kappa shape index (κ2) is 7.98. The van der Waals surface area contributed by atoms with Gasteiger partial charge in [-0.2, -0.15) is 0 Å². The zero-order valence-electron chi connectivity index (χ0n) is 15.7. The molecule has 0 unspecified atom stereocenters. The number of hydrogen-bond donors (Lipinski definition) is 1. The zero-order valence-corrected chi connectivity index (χ0v) is 16.5. The summed E-state index contributed by atoms with van der Waals surface area (Å²) in [4.78, 5) is 16.0. The summed E-state index contributed by atoms with van der Waals surface area (Å²) in [5.41, 5.74) is 3.17. The number of methoxy groups -OCH3 is 1. The molecule has 1 fully saturated rings. The number of carboxylic acids is 1. The van der Waals surface area contributed by atoms with Gasteiger partial charge in [0.25, 0.3) is 0 Å². The molecule has 1 N–H and O–H groups in total. The van der Waals surface area contributed by atoms with Crippen molar-refractivity contribution in [3.05, 3.63) is 29.3 Å². The second-order valence-corrected chi connectivity index (χ2v) is 9.32. The lowest BCUT2D eigenvalue weighted by Crippen LogP contribution is -2.44.